The first kappa shape index (κ1) is 16.6. The van der Waals surface area contributed by atoms with Crippen molar-refractivity contribution in [3.05, 3.63) is 23.8 Å². The number of piperidine rings is 1. The minimum atomic E-state index is -0.364. The monoisotopic (exact) mass is 305 g/mol. The molecule has 1 aromatic rings. The van der Waals surface area contributed by atoms with Crippen LogP contribution in [-0.4, -0.2) is 49.3 Å². The third kappa shape index (κ3) is 3.91. The lowest BCUT2D eigenvalue weighted by atomic mass is 9.94. The van der Waals surface area contributed by atoms with Gasteiger partial charge in [-0.2, -0.15) is 0 Å². The van der Waals surface area contributed by atoms with Gasteiger partial charge in [-0.05, 0) is 50.5 Å². The van der Waals surface area contributed by atoms with Gasteiger partial charge in [-0.3, -0.25) is 0 Å². The summed E-state index contributed by atoms with van der Waals surface area (Å²) < 4.78 is 0. The zero-order chi connectivity index (χ0) is 16.3. The van der Waals surface area contributed by atoms with Gasteiger partial charge < -0.3 is 20.2 Å². The number of urea groups is 1. The van der Waals surface area contributed by atoms with Gasteiger partial charge in [0.2, 0.25) is 0 Å². The van der Waals surface area contributed by atoms with Crippen molar-refractivity contribution in [2.45, 2.75) is 32.8 Å². The van der Waals surface area contributed by atoms with Crippen molar-refractivity contribution in [1.82, 2.24) is 4.90 Å². The number of hydrogen-bond donors (Lipinski definition) is 2. The van der Waals surface area contributed by atoms with E-state index in [2.05, 4.69) is 11.4 Å². The molecule has 2 amide bonds. The van der Waals surface area contributed by atoms with Gasteiger partial charge in [0.15, 0.2) is 0 Å². The second kappa shape index (κ2) is 7.01. The number of hydrogen-bond acceptors (Lipinski definition) is 3. The van der Waals surface area contributed by atoms with Crippen LogP contribution in [0.25, 0.3) is 0 Å². The Morgan fingerprint density at radius 3 is 2.77 bits per heavy atom. The molecule has 0 radical (unpaired) electrons. The molecule has 5 heteroatoms. The van der Waals surface area contributed by atoms with Gasteiger partial charge in [0, 0.05) is 44.5 Å². The first-order valence-corrected chi connectivity index (χ1v) is 7.90. The highest BCUT2D eigenvalue weighted by Gasteiger charge is 2.26. The number of carbonyl (C=O) groups excluding carboxylic acids is 1. The van der Waals surface area contributed by atoms with E-state index in [9.17, 15) is 9.90 Å². The largest absolute Gasteiger partial charge is 0.393 e. The maximum Gasteiger partial charge on any atom is 0.321 e. The molecule has 1 saturated heterocycles. The molecule has 0 saturated carbocycles. The van der Waals surface area contributed by atoms with E-state index in [1.165, 1.54) is 0 Å². The summed E-state index contributed by atoms with van der Waals surface area (Å²) in [6, 6.07) is 5.92. The van der Waals surface area contributed by atoms with Crippen LogP contribution in [0.1, 0.15) is 25.3 Å². The number of anilines is 2. The second-order valence-electron chi connectivity index (χ2n) is 6.41. The highest BCUT2D eigenvalue weighted by atomic mass is 16.3. The number of nitrogens with zero attached hydrogens (tertiary/aromatic N) is 2. The smallest absolute Gasteiger partial charge is 0.321 e. The number of rotatable bonds is 3. The van der Waals surface area contributed by atoms with Crippen molar-refractivity contribution in [3.63, 3.8) is 0 Å². The molecule has 0 bridgehead atoms. The van der Waals surface area contributed by atoms with Crippen LogP contribution in [0, 0.1) is 12.8 Å². The first-order chi connectivity index (χ1) is 10.4. The molecular formula is C17H27N3O2. The Labute approximate surface area is 132 Å². The van der Waals surface area contributed by atoms with Crippen LogP contribution < -0.4 is 10.2 Å². The van der Waals surface area contributed by atoms with Gasteiger partial charge in [-0.25, -0.2) is 4.79 Å². The topological polar surface area (TPSA) is 55.8 Å². The Bertz CT molecular complexity index is 529. The van der Waals surface area contributed by atoms with E-state index in [0.29, 0.717) is 6.54 Å². The van der Waals surface area contributed by atoms with E-state index in [0.717, 1.165) is 36.3 Å². The molecule has 0 aromatic heterocycles. The van der Waals surface area contributed by atoms with Crippen LogP contribution in [0.2, 0.25) is 0 Å². The van der Waals surface area contributed by atoms with E-state index >= 15 is 0 Å². The quantitative estimate of drug-likeness (QED) is 0.903. The molecule has 0 spiro atoms. The lowest BCUT2D eigenvalue weighted by molar-refractivity contribution is 0.0766. The van der Waals surface area contributed by atoms with Gasteiger partial charge >= 0.3 is 6.03 Å². The summed E-state index contributed by atoms with van der Waals surface area (Å²) in [5.41, 5.74) is 3.00. The first-order valence-electron chi connectivity index (χ1n) is 7.90. The van der Waals surface area contributed by atoms with Crippen molar-refractivity contribution < 1.29 is 9.90 Å². The maximum absolute atomic E-state index is 12.4. The Hall–Kier alpha value is -1.75. The number of amides is 2. The molecule has 1 fully saturated rings. The predicted molar refractivity (Wildman–Crippen MR) is 90.5 cm³/mol. The van der Waals surface area contributed by atoms with Crippen LogP contribution in [0.5, 0.6) is 0 Å². The molecule has 1 aromatic carbocycles. The average Bonchev–Trinajstić information content (AvgIpc) is 2.49. The molecule has 5 nitrogen and oxygen atoms in total. The van der Waals surface area contributed by atoms with Crippen LogP contribution in [0.4, 0.5) is 16.2 Å². The van der Waals surface area contributed by atoms with Crippen molar-refractivity contribution in [3.8, 4) is 0 Å². The van der Waals surface area contributed by atoms with E-state index < -0.39 is 0 Å². The number of carbonyl (C=O) groups is 1. The highest BCUT2D eigenvalue weighted by molar-refractivity contribution is 5.90. The summed E-state index contributed by atoms with van der Waals surface area (Å²) in [6.07, 6.45) is 1.57. The molecule has 0 aliphatic carbocycles. The fourth-order valence-electron chi connectivity index (χ4n) is 2.85. The number of aliphatic hydroxyl groups excluding tert-OH is 1. The Balaban J connectivity index is 2.02. The Morgan fingerprint density at radius 1 is 1.45 bits per heavy atom. The molecule has 122 valence electrons. The van der Waals surface area contributed by atoms with Crippen molar-refractivity contribution >= 4 is 17.4 Å². The maximum atomic E-state index is 12.4. The summed E-state index contributed by atoms with van der Waals surface area (Å²) in [5.74, 6) is 0.178. The second-order valence-corrected chi connectivity index (χ2v) is 6.41. The molecular weight excluding hydrogens is 278 g/mol. The van der Waals surface area contributed by atoms with Crippen LogP contribution in [0.3, 0.4) is 0 Å². The van der Waals surface area contributed by atoms with Gasteiger partial charge in [-0.15, -0.1) is 0 Å². The van der Waals surface area contributed by atoms with E-state index in [1.54, 1.807) is 11.8 Å². The average molecular weight is 305 g/mol. The van der Waals surface area contributed by atoms with Crippen molar-refractivity contribution in [2.75, 3.05) is 37.4 Å². The minimum Gasteiger partial charge on any atom is -0.393 e. The van der Waals surface area contributed by atoms with E-state index in [-0.39, 0.29) is 18.1 Å². The predicted octanol–water partition coefficient (Wildman–Crippen LogP) is 2.69. The van der Waals surface area contributed by atoms with Crippen molar-refractivity contribution in [2.24, 2.45) is 5.92 Å². The lowest BCUT2D eigenvalue weighted by Gasteiger charge is -2.34. The molecule has 2 N–H and O–H groups in total. The Kier molecular flexibility index (Phi) is 5.29. The number of aliphatic hydroxyl groups is 1. The molecule has 2 rings (SSSR count). The summed E-state index contributed by atoms with van der Waals surface area (Å²) in [5, 5.41) is 12.7. The van der Waals surface area contributed by atoms with Crippen molar-refractivity contribution in [1.29, 1.82) is 0 Å². The number of aryl methyl sites for hydroxylation is 1. The van der Waals surface area contributed by atoms with Gasteiger partial charge in [-0.1, -0.05) is 0 Å². The lowest BCUT2D eigenvalue weighted by Crippen LogP contribution is -2.44. The van der Waals surface area contributed by atoms with E-state index in [1.807, 2.05) is 38.1 Å². The van der Waals surface area contributed by atoms with Gasteiger partial charge in [0.25, 0.3) is 0 Å². The summed E-state index contributed by atoms with van der Waals surface area (Å²) in [6.45, 7) is 5.18. The minimum absolute atomic E-state index is 0.0777. The number of benzene rings is 1. The third-order valence-electron chi connectivity index (χ3n) is 4.40. The fraction of sp³-hybridized carbons (Fsp3) is 0.588. The third-order valence-corrected chi connectivity index (χ3v) is 4.40. The number of likely N-dealkylation sites (tertiary alicyclic amines) is 1. The normalized spacial score (nSPS) is 19.7. The summed E-state index contributed by atoms with van der Waals surface area (Å²) >= 11 is 0. The van der Waals surface area contributed by atoms with Gasteiger partial charge in [0.05, 0.1) is 6.10 Å². The summed E-state index contributed by atoms with van der Waals surface area (Å²) in [7, 11) is 3.99. The SMILES string of the molecule is Cc1cc(N(C)C)ccc1NC(=O)N1CCCC(C(C)O)C1. The van der Waals surface area contributed by atoms with Crippen LogP contribution in [-0.2, 0) is 0 Å². The molecule has 1 heterocycles. The number of nitrogens with one attached hydrogen (secondary N) is 1. The standard InChI is InChI=1S/C17H27N3O2/c1-12-10-15(19(3)4)7-8-16(12)18-17(22)20-9-5-6-14(11-20)13(2)21/h7-8,10,13-14,21H,5-6,9,11H2,1-4H3,(H,18,22). The Morgan fingerprint density at radius 2 is 2.18 bits per heavy atom. The molecule has 2 atom stereocenters. The highest BCUT2D eigenvalue weighted by Crippen LogP contribution is 2.23. The van der Waals surface area contributed by atoms with Crippen LogP contribution >= 0.6 is 0 Å². The molecule has 1 aliphatic heterocycles. The zero-order valence-electron chi connectivity index (χ0n) is 14.0. The molecule has 2 unspecified atom stereocenters. The van der Waals surface area contributed by atoms with E-state index in [4.69, 9.17) is 0 Å². The van der Waals surface area contributed by atoms with Gasteiger partial charge in [0.1, 0.15) is 0 Å². The molecule has 1 aliphatic rings. The fourth-order valence-corrected chi connectivity index (χ4v) is 2.85. The molecule has 22 heavy (non-hydrogen) atoms. The van der Waals surface area contributed by atoms with Crippen LogP contribution in [0.15, 0.2) is 18.2 Å². The summed E-state index contributed by atoms with van der Waals surface area (Å²) in [4.78, 5) is 16.3. The zero-order valence-corrected chi connectivity index (χ0v) is 14.0.